The van der Waals surface area contributed by atoms with Crippen LogP contribution in [-0.2, 0) is 20.1 Å². The van der Waals surface area contributed by atoms with Gasteiger partial charge in [-0.15, -0.1) is 0 Å². The van der Waals surface area contributed by atoms with Gasteiger partial charge in [-0.05, 0) is 36.3 Å². The zero-order valence-corrected chi connectivity index (χ0v) is 18.0. The predicted molar refractivity (Wildman–Crippen MR) is 120 cm³/mol. The first-order valence-corrected chi connectivity index (χ1v) is 10.3. The lowest BCUT2D eigenvalue weighted by atomic mass is 10.1. The third kappa shape index (κ3) is 5.16. The molecule has 0 bridgehead atoms. The molecule has 0 spiro atoms. The minimum atomic E-state index is -0.473. The normalized spacial score (nSPS) is 11.0. The van der Waals surface area contributed by atoms with Crippen LogP contribution in [0, 0.1) is 10.1 Å². The minimum absolute atomic E-state index is 0.138. The third-order valence-corrected chi connectivity index (χ3v) is 5.36. The Bertz CT molecular complexity index is 1070. The van der Waals surface area contributed by atoms with Gasteiger partial charge in [-0.1, -0.05) is 38.1 Å². The minimum Gasteiger partial charge on any atom is -0.375 e. The van der Waals surface area contributed by atoms with Crippen molar-refractivity contribution in [3.63, 3.8) is 0 Å². The molecular weight excluding hydrogens is 394 g/mol. The molecule has 8 nitrogen and oxygen atoms in total. The van der Waals surface area contributed by atoms with Crippen LogP contribution < -0.4 is 5.32 Å². The fraction of sp³-hybridized carbons (Fsp3) is 0.304. The smallest absolute Gasteiger partial charge is 0.293 e. The zero-order chi connectivity index (χ0) is 22.4. The second kappa shape index (κ2) is 9.99. The maximum absolute atomic E-state index is 12.7. The zero-order valence-electron chi connectivity index (χ0n) is 18.0. The first-order valence-electron chi connectivity index (χ1n) is 10.3. The highest BCUT2D eigenvalue weighted by Crippen LogP contribution is 2.27. The number of nitro benzene ring substituents is 1. The van der Waals surface area contributed by atoms with E-state index in [9.17, 15) is 14.9 Å². The number of aryl methyl sites for hydroxylation is 1. The Balaban J connectivity index is 1.82. The Morgan fingerprint density at radius 2 is 1.87 bits per heavy atom. The Morgan fingerprint density at radius 1 is 1.16 bits per heavy atom. The van der Waals surface area contributed by atoms with Crippen LogP contribution in [-0.4, -0.2) is 38.2 Å². The van der Waals surface area contributed by atoms with Gasteiger partial charge in [-0.25, -0.2) is 4.98 Å². The van der Waals surface area contributed by atoms with E-state index in [1.807, 2.05) is 18.2 Å². The molecule has 1 N–H and O–H groups in total. The Morgan fingerprint density at radius 3 is 2.48 bits per heavy atom. The average Bonchev–Trinajstić information content (AvgIpc) is 3.21. The van der Waals surface area contributed by atoms with E-state index in [1.54, 1.807) is 29.9 Å². The fourth-order valence-corrected chi connectivity index (χ4v) is 3.45. The summed E-state index contributed by atoms with van der Waals surface area (Å²) in [6, 6.07) is 12.6. The monoisotopic (exact) mass is 421 g/mol. The van der Waals surface area contributed by atoms with Crippen molar-refractivity contribution in [2.75, 3.05) is 18.4 Å². The Kier molecular flexibility index (Phi) is 7.15. The number of rotatable bonds is 10. The van der Waals surface area contributed by atoms with Crippen LogP contribution in [0.3, 0.4) is 0 Å². The van der Waals surface area contributed by atoms with Crippen molar-refractivity contribution in [1.29, 1.82) is 0 Å². The molecule has 0 radical (unpaired) electrons. The fourth-order valence-electron chi connectivity index (χ4n) is 3.45. The van der Waals surface area contributed by atoms with Crippen LogP contribution >= 0.6 is 0 Å². The molecule has 31 heavy (non-hydrogen) atoms. The number of ketones is 1. The van der Waals surface area contributed by atoms with Crippen LogP contribution in [0.2, 0.25) is 0 Å². The number of aromatic nitrogens is 2. The molecule has 0 saturated carbocycles. The summed E-state index contributed by atoms with van der Waals surface area (Å²) in [6.07, 6.45) is 3.18. The van der Waals surface area contributed by atoms with Gasteiger partial charge in [0.15, 0.2) is 5.82 Å². The number of nitro groups is 1. The molecule has 1 aromatic heterocycles. The van der Waals surface area contributed by atoms with Gasteiger partial charge < -0.3 is 9.88 Å². The van der Waals surface area contributed by atoms with Crippen molar-refractivity contribution in [3.05, 3.63) is 87.5 Å². The van der Waals surface area contributed by atoms with Crippen molar-refractivity contribution in [3.8, 4) is 0 Å². The highest BCUT2D eigenvalue weighted by atomic mass is 16.6. The first-order chi connectivity index (χ1) is 14.9. The van der Waals surface area contributed by atoms with Gasteiger partial charge >= 0.3 is 0 Å². The molecule has 0 unspecified atom stereocenters. The van der Waals surface area contributed by atoms with E-state index in [4.69, 9.17) is 0 Å². The molecule has 0 aliphatic rings. The maximum atomic E-state index is 12.7. The summed E-state index contributed by atoms with van der Waals surface area (Å²) in [6.45, 7) is 7.43. The molecule has 3 aromatic rings. The number of imidazole rings is 1. The number of nitrogens with one attached hydrogen (secondary N) is 1. The molecule has 0 saturated heterocycles. The molecule has 2 aromatic carbocycles. The van der Waals surface area contributed by atoms with E-state index in [-0.39, 0.29) is 22.9 Å². The van der Waals surface area contributed by atoms with E-state index in [0.717, 1.165) is 25.2 Å². The molecule has 0 atom stereocenters. The van der Waals surface area contributed by atoms with Gasteiger partial charge in [0.1, 0.15) is 5.69 Å². The lowest BCUT2D eigenvalue weighted by Crippen LogP contribution is -2.23. The van der Waals surface area contributed by atoms with Gasteiger partial charge in [0, 0.05) is 44.2 Å². The SMILES string of the molecule is CCN(CC)Cc1ccccc1CNc1ccc(C(=O)c2nccn2C)cc1[N+](=O)[O-]. The lowest BCUT2D eigenvalue weighted by molar-refractivity contribution is -0.384. The second-order valence-corrected chi connectivity index (χ2v) is 7.26. The summed E-state index contributed by atoms with van der Waals surface area (Å²) >= 11 is 0. The first kappa shape index (κ1) is 22.2. The van der Waals surface area contributed by atoms with E-state index in [2.05, 4.69) is 35.1 Å². The molecule has 0 aliphatic carbocycles. The highest BCUT2D eigenvalue weighted by Gasteiger charge is 2.20. The summed E-state index contributed by atoms with van der Waals surface area (Å²) < 4.78 is 1.59. The van der Waals surface area contributed by atoms with Crippen molar-refractivity contribution < 1.29 is 9.72 Å². The summed E-state index contributed by atoms with van der Waals surface area (Å²) in [4.78, 5) is 30.2. The average molecular weight is 422 g/mol. The number of carbonyl (C=O) groups excluding carboxylic acids is 1. The summed E-state index contributed by atoms with van der Waals surface area (Å²) in [5.74, 6) is -0.118. The maximum Gasteiger partial charge on any atom is 0.293 e. The molecule has 0 aliphatic heterocycles. The van der Waals surface area contributed by atoms with Crippen LogP contribution in [0.5, 0.6) is 0 Å². The topological polar surface area (TPSA) is 93.3 Å². The Hall–Kier alpha value is -3.52. The number of carbonyl (C=O) groups is 1. The van der Waals surface area contributed by atoms with E-state index < -0.39 is 4.92 Å². The van der Waals surface area contributed by atoms with E-state index in [1.165, 1.54) is 17.8 Å². The van der Waals surface area contributed by atoms with Gasteiger partial charge in [-0.3, -0.25) is 19.8 Å². The predicted octanol–water partition coefficient (Wildman–Crippen LogP) is 4.01. The largest absolute Gasteiger partial charge is 0.375 e. The number of benzene rings is 2. The molecule has 3 rings (SSSR count). The number of anilines is 1. The van der Waals surface area contributed by atoms with E-state index >= 15 is 0 Å². The second-order valence-electron chi connectivity index (χ2n) is 7.26. The van der Waals surface area contributed by atoms with Gasteiger partial charge in [-0.2, -0.15) is 0 Å². The van der Waals surface area contributed by atoms with Gasteiger partial charge in [0.25, 0.3) is 5.69 Å². The van der Waals surface area contributed by atoms with Crippen molar-refractivity contribution in [2.45, 2.75) is 26.9 Å². The van der Waals surface area contributed by atoms with Crippen molar-refractivity contribution >= 4 is 17.2 Å². The number of hydrogen-bond donors (Lipinski definition) is 1. The van der Waals surface area contributed by atoms with Gasteiger partial charge in [0.2, 0.25) is 5.78 Å². The number of hydrogen-bond acceptors (Lipinski definition) is 6. The van der Waals surface area contributed by atoms with Crippen molar-refractivity contribution in [2.24, 2.45) is 7.05 Å². The molecule has 0 fully saturated rings. The molecule has 8 heteroatoms. The standard InChI is InChI=1S/C23H27N5O3/c1-4-27(5-2)16-19-9-7-6-8-18(19)15-25-20-11-10-17(14-21(20)28(30)31)22(29)23-24-12-13-26(23)3/h6-14,25H,4-5,15-16H2,1-3H3. The van der Waals surface area contributed by atoms with Crippen molar-refractivity contribution in [1.82, 2.24) is 14.5 Å². The molecule has 1 heterocycles. The molecule has 162 valence electrons. The third-order valence-electron chi connectivity index (χ3n) is 5.36. The van der Waals surface area contributed by atoms with Crippen LogP contribution in [0.1, 0.15) is 41.2 Å². The highest BCUT2D eigenvalue weighted by molar-refractivity contribution is 6.07. The van der Waals surface area contributed by atoms with Crippen LogP contribution in [0.4, 0.5) is 11.4 Å². The number of nitrogens with zero attached hydrogens (tertiary/aromatic N) is 4. The van der Waals surface area contributed by atoms with E-state index in [0.29, 0.717) is 12.2 Å². The van der Waals surface area contributed by atoms with Crippen LogP contribution in [0.15, 0.2) is 54.9 Å². The lowest BCUT2D eigenvalue weighted by Gasteiger charge is -2.20. The van der Waals surface area contributed by atoms with Gasteiger partial charge in [0.05, 0.1) is 4.92 Å². The summed E-state index contributed by atoms with van der Waals surface area (Å²) in [5, 5.41) is 14.9. The van der Waals surface area contributed by atoms with Crippen LogP contribution in [0.25, 0.3) is 0 Å². The summed E-state index contributed by atoms with van der Waals surface area (Å²) in [7, 11) is 1.71. The Labute approximate surface area is 181 Å². The quantitative estimate of drug-likeness (QED) is 0.302. The molecule has 0 amide bonds. The summed E-state index contributed by atoms with van der Waals surface area (Å²) in [5.41, 5.74) is 2.73. The molecular formula is C23H27N5O3.